The number of aliphatic hydroxyl groups is 6. The lowest BCUT2D eigenvalue weighted by atomic mass is 9.78. The number of aliphatic hydroxyl groups excluding tert-OH is 6. The fraction of sp³-hybridized carbons (Fsp3) is 0.333. The van der Waals surface area contributed by atoms with Crippen LogP contribution in [0.5, 0.6) is 11.5 Å². The Morgan fingerprint density at radius 3 is 0.983 bits per heavy atom. The molecule has 0 spiro atoms. The fourth-order valence-electron chi connectivity index (χ4n) is 4.02. The van der Waals surface area contributed by atoms with Gasteiger partial charge in [-0.3, -0.25) is 0 Å². The van der Waals surface area contributed by atoms with E-state index in [1.165, 1.54) is 53.6 Å². The van der Waals surface area contributed by atoms with Crippen molar-refractivity contribution < 1.29 is 79.7 Å². The van der Waals surface area contributed by atoms with Gasteiger partial charge in [0.05, 0.1) is 61.9 Å². The number of hydrogen-bond acceptors (Lipinski definition) is 12. The van der Waals surface area contributed by atoms with Crippen molar-refractivity contribution in [3.8, 4) is 11.5 Å². The maximum absolute atomic E-state index is 10.4. The minimum atomic E-state index is -1.13. The van der Waals surface area contributed by atoms with Crippen molar-refractivity contribution in [1.29, 1.82) is 0 Å². The molecule has 0 amide bonds. The summed E-state index contributed by atoms with van der Waals surface area (Å²) in [6, 6.07) is 26.1. The van der Waals surface area contributed by atoms with Crippen molar-refractivity contribution in [3.05, 3.63) is 130 Å². The number of rotatable bonds is 15. The van der Waals surface area contributed by atoms with Crippen LogP contribution in [0.2, 0.25) is 0 Å². The summed E-state index contributed by atoms with van der Waals surface area (Å²) in [5.74, 6) is -2.87. The smallest absolute Gasteiger partial charge is 0.335 e. The molecule has 16 nitrogen and oxygen atoms in total. The molecule has 0 aliphatic heterocycles. The van der Waals surface area contributed by atoms with E-state index in [9.17, 15) is 19.2 Å². The van der Waals surface area contributed by atoms with Crippen molar-refractivity contribution in [3.63, 3.8) is 0 Å². The third-order valence-electron chi connectivity index (χ3n) is 7.56. The first-order chi connectivity index (χ1) is 27.3. The Balaban J connectivity index is 0.000000787. The molecule has 0 aromatic heterocycles. The molecule has 0 radical (unpaired) electrons. The monoisotopic (exact) mass is 814 g/mol. The molecular weight excluding hydrogens is 760 g/mol. The van der Waals surface area contributed by atoms with Crippen molar-refractivity contribution in [2.45, 2.75) is 33.1 Å². The molecule has 0 unspecified atom stereocenters. The van der Waals surface area contributed by atoms with Crippen LogP contribution in [0.4, 0.5) is 0 Å². The Morgan fingerprint density at radius 2 is 0.759 bits per heavy atom. The Labute approximate surface area is 336 Å². The number of hydrogen-bond donors (Lipinski definition) is 10. The number of carboxylic acid groups (broad SMARTS) is 4. The van der Waals surface area contributed by atoms with E-state index >= 15 is 0 Å². The number of ether oxygens (including phenoxy) is 2. The summed E-state index contributed by atoms with van der Waals surface area (Å²) < 4.78 is 10.8. The molecule has 0 fully saturated rings. The van der Waals surface area contributed by atoms with E-state index in [0.717, 1.165) is 17.6 Å². The molecule has 0 aliphatic carbocycles. The predicted molar refractivity (Wildman–Crippen MR) is 213 cm³/mol. The van der Waals surface area contributed by atoms with Crippen LogP contribution in [-0.2, 0) is 5.41 Å². The normalized spacial score (nSPS) is 10.3. The van der Waals surface area contributed by atoms with Gasteiger partial charge in [0, 0.05) is 10.8 Å². The van der Waals surface area contributed by atoms with E-state index in [-0.39, 0.29) is 72.7 Å². The molecule has 0 saturated heterocycles. The zero-order valence-corrected chi connectivity index (χ0v) is 32.8. The first kappa shape index (κ1) is 52.1. The van der Waals surface area contributed by atoms with Crippen molar-refractivity contribution in [1.82, 2.24) is 0 Å². The van der Waals surface area contributed by atoms with Gasteiger partial charge in [-0.25, -0.2) is 19.2 Å². The fourth-order valence-corrected chi connectivity index (χ4v) is 4.02. The summed E-state index contributed by atoms with van der Waals surface area (Å²) >= 11 is 0. The van der Waals surface area contributed by atoms with Crippen molar-refractivity contribution in [2.24, 2.45) is 5.41 Å². The molecule has 58 heavy (non-hydrogen) atoms. The lowest BCUT2D eigenvalue weighted by Gasteiger charge is -2.26. The van der Waals surface area contributed by atoms with E-state index in [0.29, 0.717) is 13.2 Å². The number of carbonyl (C=O) groups is 4. The second-order valence-corrected chi connectivity index (χ2v) is 13.1. The minimum absolute atomic E-state index is 0.0119. The highest BCUT2D eigenvalue weighted by atomic mass is 16.5. The first-order valence-corrected chi connectivity index (χ1v) is 17.6. The molecule has 0 saturated carbocycles. The van der Waals surface area contributed by atoms with Gasteiger partial charge in [0.1, 0.15) is 24.7 Å². The molecule has 0 atom stereocenters. The SMILES string of the molecule is CC(C)(CO)CO.CC(C)(c1ccc(OCCO)cc1)c1ccc(OCCO)cc1.O=C(O)c1ccc(C(=O)O)cc1.O=C(O)c1cccc(C(=O)O)c1.OCCO. The largest absolute Gasteiger partial charge is 0.491 e. The van der Waals surface area contributed by atoms with Gasteiger partial charge in [0.2, 0.25) is 0 Å². The first-order valence-electron chi connectivity index (χ1n) is 17.6. The van der Waals surface area contributed by atoms with Gasteiger partial charge in [0.25, 0.3) is 0 Å². The van der Waals surface area contributed by atoms with Gasteiger partial charge in [-0.2, -0.15) is 0 Å². The minimum Gasteiger partial charge on any atom is -0.491 e. The quantitative estimate of drug-likeness (QED) is 0.0814. The van der Waals surface area contributed by atoms with Gasteiger partial charge in [0.15, 0.2) is 0 Å². The van der Waals surface area contributed by atoms with Crippen LogP contribution >= 0.6 is 0 Å². The number of carboxylic acids is 4. The average Bonchev–Trinajstić information content (AvgIpc) is 3.23. The Morgan fingerprint density at radius 1 is 0.448 bits per heavy atom. The van der Waals surface area contributed by atoms with E-state index in [2.05, 4.69) is 13.8 Å². The molecule has 0 heterocycles. The zero-order valence-electron chi connectivity index (χ0n) is 32.8. The van der Waals surface area contributed by atoms with Gasteiger partial charge < -0.3 is 60.5 Å². The summed E-state index contributed by atoms with van der Waals surface area (Å²) in [6.45, 7) is 8.40. The maximum Gasteiger partial charge on any atom is 0.335 e. The molecule has 4 aromatic rings. The van der Waals surface area contributed by atoms with Gasteiger partial charge >= 0.3 is 23.9 Å². The zero-order chi connectivity index (χ0) is 44.3. The lowest BCUT2D eigenvalue weighted by molar-refractivity contribution is 0.0681. The molecule has 0 bridgehead atoms. The van der Waals surface area contributed by atoms with Crippen LogP contribution in [0.15, 0.2) is 97.1 Å². The summed E-state index contributed by atoms with van der Waals surface area (Å²) in [7, 11) is 0. The van der Waals surface area contributed by atoms with Crippen LogP contribution in [0.3, 0.4) is 0 Å². The molecule has 0 aliphatic rings. The second-order valence-electron chi connectivity index (χ2n) is 13.1. The molecule has 4 aromatic carbocycles. The average molecular weight is 815 g/mol. The lowest BCUT2D eigenvalue weighted by Crippen LogP contribution is -2.20. The van der Waals surface area contributed by atoms with Gasteiger partial charge in [-0.05, 0) is 77.9 Å². The molecule has 10 N–H and O–H groups in total. The summed E-state index contributed by atoms with van der Waals surface area (Å²) in [4.78, 5) is 41.4. The third-order valence-corrected chi connectivity index (χ3v) is 7.56. The third kappa shape index (κ3) is 20.3. The summed E-state index contributed by atoms with van der Waals surface area (Å²) in [5.41, 5.74) is 2.03. The Hall–Kier alpha value is -5.88. The Bertz CT molecular complexity index is 1660. The van der Waals surface area contributed by atoms with Crippen LogP contribution in [0.25, 0.3) is 0 Å². The van der Waals surface area contributed by atoms with E-state index in [1.54, 1.807) is 13.8 Å². The van der Waals surface area contributed by atoms with E-state index in [1.807, 2.05) is 48.5 Å². The van der Waals surface area contributed by atoms with Crippen molar-refractivity contribution >= 4 is 23.9 Å². The van der Waals surface area contributed by atoms with Crippen molar-refractivity contribution in [2.75, 3.05) is 52.9 Å². The topological polar surface area (TPSA) is 289 Å². The van der Waals surface area contributed by atoms with E-state index in [4.69, 9.17) is 60.5 Å². The molecule has 318 valence electrons. The summed E-state index contributed by atoms with van der Waals surface area (Å²) in [6.07, 6.45) is 0. The number of benzene rings is 4. The predicted octanol–water partition coefficient (Wildman–Crippen LogP) is 3.89. The summed E-state index contributed by atoms with van der Waals surface area (Å²) in [5, 5.41) is 83.6. The highest BCUT2D eigenvalue weighted by Gasteiger charge is 2.23. The standard InChI is InChI=1S/C19H24O4.2C8H6O4.C5H12O2.C2H6O2/c1-19(2,15-3-7-17(8-4-15)22-13-11-20)16-5-9-18(10-6-16)23-14-12-21;9-7(10)5-1-2-6(4-3-5)8(11)12;9-7(10)5-2-1-3-6(4-5)8(11)12;1-5(2,3-6)4-7;3-1-2-4/h3-10,20-21H,11-14H2,1-2H3;2*1-4H,(H,9,10)(H,11,12);6-7H,3-4H2,1-2H3;3-4H,1-2H2. The maximum atomic E-state index is 10.4. The highest BCUT2D eigenvalue weighted by Crippen LogP contribution is 2.33. The van der Waals surface area contributed by atoms with Crippen LogP contribution in [-0.4, -0.2) is 128 Å². The molecular formula is C42H54O16. The molecule has 16 heteroatoms. The van der Waals surface area contributed by atoms with Crippen LogP contribution in [0.1, 0.15) is 80.3 Å². The number of aromatic carboxylic acids is 4. The molecule has 4 rings (SSSR count). The Kier molecular flexibility index (Phi) is 24.9. The van der Waals surface area contributed by atoms with Crippen LogP contribution < -0.4 is 9.47 Å². The second kappa shape index (κ2) is 27.7. The highest BCUT2D eigenvalue weighted by molar-refractivity contribution is 5.93. The van der Waals surface area contributed by atoms with Crippen LogP contribution in [0, 0.1) is 5.41 Å². The van der Waals surface area contributed by atoms with E-state index < -0.39 is 23.9 Å². The van der Waals surface area contributed by atoms with Gasteiger partial charge in [-0.15, -0.1) is 0 Å². The van der Waals surface area contributed by atoms with Gasteiger partial charge in [-0.1, -0.05) is 58.0 Å².